The van der Waals surface area contributed by atoms with Crippen LogP contribution in [0.25, 0.3) is 0 Å². The lowest BCUT2D eigenvalue weighted by Gasteiger charge is -2.02. The molecule has 0 aliphatic heterocycles. The lowest BCUT2D eigenvalue weighted by molar-refractivity contribution is -0.104. The lowest BCUT2D eigenvalue weighted by atomic mass is 10.0. The number of aldehydes is 1. The van der Waals surface area contributed by atoms with Crippen molar-refractivity contribution in [2.45, 2.75) is 96.8 Å². The third kappa shape index (κ3) is 20.9. The van der Waals surface area contributed by atoms with Gasteiger partial charge in [0.15, 0.2) is 0 Å². The van der Waals surface area contributed by atoms with Gasteiger partial charge in [-0.1, -0.05) is 114 Å². The SMILES string of the molecule is CCCCCCCCCCCCCCC/C=C/C=C/C=C/C=O. The fraction of sp³-hybridized carbons (Fsp3) is 0.682. The summed E-state index contributed by atoms with van der Waals surface area (Å²) in [6, 6.07) is 0. The number of allylic oxidation sites excluding steroid dienone is 6. The molecule has 0 saturated heterocycles. The molecule has 0 rings (SSSR count). The summed E-state index contributed by atoms with van der Waals surface area (Å²) in [6.45, 7) is 2.28. The van der Waals surface area contributed by atoms with Gasteiger partial charge >= 0.3 is 0 Å². The second-order valence-corrected chi connectivity index (χ2v) is 6.37. The molecule has 0 aliphatic rings. The topological polar surface area (TPSA) is 17.1 Å². The van der Waals surface area contributed by atoms with Gasteiger partial charge in [0.25, 0.3) is 0 Å². The Morgan fingerprint density at radius 2 is 0.957 bits per heavy atom. The number of hydrogen-bond donors (Lipinski definition) is 0. The quantitative estimate of drug-likeness (QED) is 0.119. The molecule has 1 nitrogen and oxygen atoms in total. The second kappa shape index (κ2) is 20.9. The number of rotatable bonds is 17. The van der Waals surface area contributed by atoms with E-state index in [-0.39, 0.29) is 0 Å². The minimum Gasteiger partial charge on any atom is -0.299 e. The molecular weight excluding hydrogens is 280 g/mol. The van der Waals surface area contributed by atoms with Gasteiger partial charge in [0.2, 0.25) is 0 Å². The van der Waals surface area contributed by atoms with Crippen LogP contribution >= 0.6 is 0 Å². The van der Waals surface area contributed by atoms with Gasteiger partial charge in [-0.25, -0.2) is 0 Å². The standard InChI is InChI=1S/C22H38O/c1-2-3-4-5-6-7-8-9-10-11-12-13-14-15-16-17-18-19-20-21-22-23/h16-22H,2-15H2,1H3/b17-16+,19-18+,21-20+. The second-order valence-electron chi connectivity index (χ2n) is 6.37. The molecule has 0 N–H and O–H groups in total. The minimum absolute atomic E-state index is 0.793. The molecule has 0 spiro atoms. The van der Waals surface area contributed by atoms with E-state index < -0.39 is 0 Å². The van der Waals surface area contributed by atoms with Crippen LogP contribution in [0.2, 0.25) is 0 Å². The van der Waals surface area contributed by atoms with E-state index in [0.717, 1.165) is 6.29 Å². The maximum absolute atomic E-state index is 10.0. The van der Waals surface area contributed by atoms with Crippen molar-refractivity contribution in [2.75, 3.05) is 0 Å². The van der Waals surface area contributed by atoms with Crippen LogP contribution < -0.4 is 0 Å². The maximum atomic E-state index is 10.0. The summed E-state index contributed by atoms with van der Waals surface area (Å²) >= 11 is 0. The fourth-order valence-electron chi connectivity index (χ4n) is 2.69. The van der Waals surface area contributed by atoms with Gasteiger partial charge in [-0.3, -0.25) is 4.79 Å². The molecule has 0 heterocycles. The summed E-state index contributed by atoms with van der Waals surface area (Å²) in [7, 11) is 0. The predicted octanol–water partition coefficient (Wildman–Crippen LogP) is 7.34. The summed E-state index contributed by atoms with van der Waals surface area (Å²) in [6.07, 6.45) is 31.7. The Morgan fingerprint density at radius 1 is 0.522 bits per heavy atom. The molecule has 0 fully saturated rings. The molecule has 23 heavy (non-hydrogen) atoms. The summed E-state index contributed by atoms with van der Waals surface area (Å²) in [5.74, 6) is 0. The van der Waals surface area contributed by atoms with Crippen LogP contribution in [0, 0.1) is 0 Å². The van der Waals surface area contributed by atoms with Crippen LogP contribution in [0.5, 0.6) is 0 Å². The zero-order valence-electron chi connectivity index (χ0n) is 15.3. The molecule has 0 bridgehead atoms. The Hall–Kier alpha value is -1.11. The molecule has 0 atom stereocenters. The van der Waals surface area contributed by atoms with E-state index in [4.69, 9.17) is 0 Å². The van der Waals surface area contributed by atoms with Crippen molar-refractivity contribution in [3.63, 3.8) is 0 Å². The molecule has 0 aromatic heterocycles. The number of carbonyl (C=O) groups excluding carboxylic acids is 1. The third-order valence-corrected chi connectivity index (χ3v) is 4.13. The minimum atomic E-state index is 0.793. The maximum Gasteiger partial charge on any atom is 0.142 e. The van der Waals surface area contributed by atoms with Crippen molar-refractivity contribution in [3.8, 4) is 0 Å². The van der Waals surface area contributed by atoms with Crippen molar-refractivity contribution in [2.24, 2.45) is 0 Å². The predicted molar refractivity (Wildman–Crippen MR) is 104 cm³/mol. The Labute approximate surface area is 144 Å². The average Bonchev–Trinajstić information content (AvgIpc) is 2.57. The van der Waals surface area contributed by atoms with E-state index in [0.29, 0.717) is 0 Å². The molecule has 1 heteroatoms. The van der Waals surface area contributed by atoms with Crippen LogP contribution in [0.3, 0.4) is 0 Å². The number of hydrogen-bond acceptors (Lipinski definition) is 1. The van der Waals surface area contributed by atoms with Crippen molar-refractivity contribution in [1.82, 2.24) is 0 Å². The molecule has 0 aromatic carbocycles. The van der Waals surface area contributed by atoms with E-state index in [1.54, 1.807) is 6.08 Å². The number of carbonyl (C=O) groups is 1. The monoisotopic (exact) mass is 318 g/mol. The van der Waals surface area contributed by atoms with E-state index in [1.807, 2.05) is 12.2 Å². The smallest absolute Gasteiger partial charge is 0.142 e. The highest BCUT2D eigenvalue weighted by Gasteiger charge is 1.93. The van der Waals surface area contributed by atoms with Crippen LogP contribution in [0.15, 0.2) is 36.5 Å². The van der Waals surface area contributed by atoms with E-state index in [9.17, 15) is 4.79 Å². The van der Waals surface area contributed by atoms with Gasteiger partial charge in [-0.05, 0) is 18.9 Å². The fourth-order valence-corrected chi connectivity index (χ4v) is 2.69. The summed E-state index contributed by atoms with van der Waals surface area (Å²) in [5.41, 5.74) is 0. The van der Waals surface area contributed by atoms with Gasteiger partial charge in [0.1, 0.15) is 6.29 Å². The van der Waals surface area contributed by atoms with Gasteiger partial charge in [-0.15, -0.1) is 0 Å². The average molecular weight is 319 g/mol. The normalized spacial score (nSPS) is 12.0. The van der Waals surface area contributed by atoms with Gasteiger partial charge in [0.05, 0.1) is 0 Å². The first-order valence-electron chi connectivity index (χ1n) is 9.85. The number of unbranched alkanes of at least 4 members (excludes halogenated alkanes) is 13. The molecule has 0 aliphatic carbocycles. The molecule has 0 saturated carbocycles. The van der Waals surface area contributed by atoms with E-state index in [2.05, 4.69) is 19.1 Å². The Morgan fingerprint density at radius 3 is 1.48 bits per heavy atom. The highest BCUT2D eigenvalue weighted by molar-refractivity contribution is 5.65. The van der Waals surface area contributed by atoms with Crippen molar-refractivity contribution < 1.29 is 4.79 Å². The van der Waals surface area contributed by atoms with Gasteiger partial charge in [-0.2, -0.15) is 0 Å². The van der Waals surface area contributed by atoms with Crippen molar-refractivity contribution >= 4 is 6.29 Å². The van der Waals surface area contributed by atoms with Crippen molar-refractivity contribution in [1.29, 1.82) is 0 Å². The molecule has 0 amide bonds. The lowest BCUT2D eigenvalue weighted by Crippen LogP contribution is -1.82. The third-order valence-electron chi connectivity index (χ3n) is 4.13. The molecule has 0 radical (unpaired) electrons. The van der Waals surface area contributed by atoms with Crippen molar-refractivity contribution in [3.05, 3.63) is 36.5 Å². The Kier molecular flexibility index (Phi) is 19.9. The first-order valence-corrected chi connectivity index (χ1v) is 9.85. The first-order chi connectivity index (χ1) is 11.4. The van der Waals surface area contributed by atoms with Crippen LogP contribution in [-0.2, 0) is 4.79 Å². The molecule has 0 aromatic rings. The van der Waals surface area contributed by atoms with E-state index in [1.165, 1.54) is 96.0 Å². The summed E-state index contributed by atoms with van der Waals surface area (Å²) in [4.78, 5) is 10.0. The molecular formula is C22H38O. The zero-order valence-corrected chi connectivity index (χ0v) is 15.3. The highest BCUT2D eigenvalue weighted by Crippen LogP contribution is 2.12. The van der Waals surface area contributed by atoms with Crippen LogP contribution in [-0.4, -0.2) is 6.29 Å². The van der Waals surface area contributed by atoms with Crippen LogP contribution in [0.1, 0.15) is 96.8 Å². The first kappa shape index (κ1) is 21.9. The van der Waals surface area contributed by atoms with Gasteiger partial charge < -0.3 is 0 Å². The summed E-state index contributed by atoms with van der Waals surface area (Å²) in [5, 5.41) is 0. The highest BCUT2D eigenvalue weighted by atomic mass is 16.1. The van der Waals surface area contributed by atoms with Crippen LogP contribution in [0.4, 0.5) is 0 Å². The largest absolute Gasteiger partial charge is 0.299 e. The molecule has 132 valence electrons. The van der Waals surface area contributed by atoms with Gasteiger partial charge in [0, 0.05) is 0 Å². The Balaban J connectivity index is 3.13. The molecule has 0 unspecified atom stereocenters. The van der Waals surface area contributed by atoms with E-state index >= 15 is 0 Å². The summed E-state index contributed by atoms with van der Waals surface area (Å²) < 4.78 is 0. The Bertz CT molecular complexity index is 312. The zero-order chi connectivity index (χ0) is 16.8.